The van der Waals surface area contributed by atoms with Crippen LogP contribution < -0.4 is 9.88 Å². The Bertz CT molecular complexity index is 814. The Hall–Kier alpha value is -1.72. The van der Waals surface area contributed by atoms with Crippen LogP contribution in [0.25, 0.3) is 12.2 Å². The number of esters is 1. The zero-order valence-electron chi connectivity index (χ0n) is 12.9. The molecule has 0 saturated heterocycles. The van der Waals surface area contributed by atoms with Crippen LogP contribution in [0, 0.1) is 3.95 Å². The van der Waals surface area contributed by atoms with Gasteiger partial charge in [-0.25, -0.2) is 4.79 Å². The second-order valence-corrected chi connectivity index (χ2v) is 6.87. The summed E-state index contributed by atoms with van der Waals surface area (Å²) >= 11 is 6.62. The van der Waals surface area contributed by atoms with Crippen LogP contribution in [0.1, 0.15) is 37.8 Å². The smallest absolute Gasteiger partial charge is 0.332 e. The second kappa shape index (κ2) is 7.51. The number of ether oxygens (including phenoxy) is 1. The van der Waals surface area contributed by atoms with Gasteiger partial charge in [-0.1, -0.05) is 38.1 Å². The number of H-pyrrole nitrogens is 1. The van der Waals surface area contributed by atoms with Gasteiger partial charge < -0.3 is 9.72 Å². The van der Waals surface area contributed by atoms with Gasteiger partial charge in [0.1, 0.15) is 0 Å². The largest absolute Gasteiger partial charge is 0.463 e. The normalized spacial score (nSPS) is 12.9. The van der Waals surface area contributed by atoms with Crippen LogP contribution in [0.3, 0.4) is 0 Å². The zero-order chi connectivity index (χ0) is 16.1. The summed E-state index contributed by atoms with van der Waals surface area (Å²) in [6.45, 7) is 6.48. The molecule has 1 aromatic carbocycles. The van der Waals surface area contributed by atoms with E-state index in [9.17, 15) is 4.79 Å². The van der Waals surface area contributed by atoms with Crippen molar-refractivity contribution in [3.8, 4) is 0 Å². The van der Waals surface area contributed by atoms with Gasteiger partial charge >= 0.3 is 5.97 Å². The molecule has 0 saturated carbocycles. The van der Waals surface area contributed by atoms with E-state index in [-0.39, 0.29) is 5.97 Å². The molecule has 2 rings (SSSR count). The number of hydrogen-bond donors (Lipinski definition) is 1. The third kappa shape index (κ3) is 4.39. The van der Waals surface area contributed by atoms with Crippen molar-refractivity contribution >= 4 is 41.7 Å². The fourth-order valence-electron chi connectivity index (χ4n) is 2.00. The predicted octanol–water partition coefficient (Wildman–Crippen LogP) is 3.10. The molecule has 3 nitrogen and oxygen atoms in total. The standard InChI is InChI=1S/C17H19NO2S2/c1-4-20-16(19)10-14-15(22-17(21)18-14)9-12-5-7-13(8-6-12)11(2)3/h5-11H,4H2,1-3H3,(H,18,21)/b14-10-,15-9-. The van der Waals surface area contributed by atoms with Gasteiger partial charge in [-0.15, -0.1) is 11.3 Å². The molecule has 0 unspecified atom stereocenters. The summed E-state index contributed by atoms with van der Waals surface area (Å²) in [7, 11) is 0. The minimum absolute atomic E-state index is 0.357. The van der Waals surface area contributed by atoms with Crippen LogP contribution in [0.15, 0.2) is 24.3 Å². The Labute approximate surface area is 139 Å². The molecular formula is C17H19NO2S2. The molecule has 0 bridgehead atoms. The van der Waals surface area contributed by atoms with Crippen molar-refractivity contribution < 1.29 is 9.53 Å². The Morgan fingerprint density at radius 3 is 2.64 bits per heavy atom. The summed E-state index contributed by atoms with van der Waals surface area (Å²) in [6.07, 6.45) is 3.47. The van der Waals surface area contributed by atoms with Gasteiger partial charge in [0.25, 0.3) is 0 Å². The lowest BCUT2D eigenvalue weighted by atomic mass is 10.0. The number of aromatic nitrogens is 1. The first-order valence-corrected chi connectivity index (χ1v) is 8.41. The Balaban J connectivity index is 2.44. The van der Waals surface area contributed by atoms with Crippen molar-refractivity contribution in [3.05, 3.63) is 49.2 Å². The molecule has 2 aromatic rings. The van der Waals surface area contributed by atoms with Gasteiger partial charge in [0.2, 0.25) is 0 Å². The topological polar surface area (TPSA) is 42.1 Å². The predicted molar refractivity (Wildman–Crippen MR) is 93.9 cm³/mol. The van der Waals surface area contributed by atoms with Crippen molar-refractivity contribution in [1.82, 2.24) is 4.98 Å². The number of carbonyl (C=O) groups is 1. The van der Waals surface area contributed by atoms with Gasteiger partial charge in [0, 0.05) is 6.08 Å². The minimum Gasteiger partial charge on any atom is -0.463 e. The molecule has 1 heterocycles. The van der Waals surface area contributed by atoms with Crippen molar-refractivity contribution in [2.24, 2.45) is 0 Å². The van der Waals surface area contributed by atoms with Crippen LogP contribution in [-0.4, -0.2) is 17.6 Å². The number of benzene rings is 1. The quantitative estimate of drug-likeness (QED) is 0.690. The van der Waals surface area contributed by atoms with Crippen LogP contribution >= 0.6 is 23.6 Å². The fraction of sp³-hybridized carbons (Fsp3) is 0.294. The molecule has 5 heteroatoms. The molecule has 0 radical (unpaired) electrons. The number of hydrogen-bond acceptors (Lipinski definition) is 4. The van der Waals surface area contributed by atoms with E-state index in [1.165, 1.54) is 23.0 Å². The van der Waals surface area contributed by atoms with Crippen molar-refractivity contribution in [2.45, 2.75) is 26.7 Å². The number of rotatable bonds is 4. The lowest BCUT2D eigenvalue weighted by Gasteiger charge is -2.04. The number of carbonyl (C=O) groups excluding carboxylic acids is 1. The summed E-state index contributed by atoms with van der Waals surface area (Å²) in [5.41, 5.74) is 2.38. The van der Waals surface area contributed by atoms with E-state index in [2.05, 4.69) is 43.1 Å². The van der Waals surface area contributed by atoms with E-state index in [1.54, 1.807) is 6.92 Å². The van der Waals surface area contributed by atoms with E-state index in [4.69, 9.17) is 17.0 Å². The summed E-state index contributed by atoms with van der Waals surface area (Å²) < 4.78 is 6.51. The Morgan fingerprint density at radius 1 is 1.36 bits per heavy atom. The first kappa shape index (κ1) is 16.6. The highest BCUT2D eigenvalue weighted by Crippen LogP contribution is 2.14. The van der Waals surface area contributed by atoms with Crippen molar-refractivity contribution in [3.63, 3.8) is 0 Å². The van der Waals surface area contributed by atoms with E-state index in [1.807, 2.05) is 6.08 Å². The van der Waals surface area contributed by atoms with Crippen molar-refractivity contribution in [1.29, 1.82) is 0 Å². The molecule has 1 aromatic heterocycles. The SMILES string of the molecule is CCOC(=O)/C=c1\[nH]c(=S)s\c1=C/c1ccc(C(C)C)cc1. The Morgan fingerprint density at radius 2 is 2.05 bits per heavy atom. The molecule has 1 N–H and O–H groups in total. The maximum Gasteiger partial charge on any atom is 0.332 e. The summed E-state index contributed by atoms with van der Waals surface area (Å²) in [5, 5.41) is 0.696. The van der Waals surface area contributed by atoms with Crippen LogP contribution in [0.5, 0.6) is 0 Å². The zero-order valence-corrected chi connectivity index (χ0v) is 14.5. The minimum atomic E-state index is -0.364. The van der Waals surface area contributed by atoms with Crippen LogP contribution in [-0.2, 0) is 9.53 Å². The number of nitrogens with one attached hydrogen (secondary N) is 1. The van der Waals surface area contributed by atoms with Gasteiger partial charge in [0.15, 0.2) is 3.95 Å². The summed E-state index contributed by atoms with van der Waals surface area (Å²) in [5.74, 6) is 0.146. The molecule has 0 amide bonds. The lowest BCUT2D eigenvalue weighted by molar-refractivity contribution is -0.135. The monoisotopic (exact) mass is 333 g/mol. The second-order valence-electron chi connectivity index (χ2n) is 5.15. The first-order chi connectivity index (χ1) is 10.5. The van der Waals surface area contributed by atoms with E-state index < -0.39 is 0 Å². The summed E-state index contributed by atoms with van der Waals surface area (Å²) in [6, 6.07) is 8.40. The highest BCUT2D eigenvalue weighted by molar-refractivity contribution is 7.73. The molecule has 22 heavy (non-hydrogen) atoms. The molecule has 0 fully saturated rings. The maximum atomic E-state index is 11.6. The molecular weight excluding hydrogens is 314 g/mol. The van der Waals surface area contributed by atoms with Gasteiger partial charge in [-0.2, -0.15) is 0 Å². The molecule has 116 valence electrons. The van der Waals surface area contributed by atoms with Crippen molar-refractivity contribution in [2.75, 3.05) is 6.61 Å². The lowest BCUT2D eigenvalue weighted by Crippen LogP contribution is -2.23. The molecule has 0 aliphatic carbocycles. The van der Waals surface area contributed by atoms with Gasteiger partial charge in [-0.3, -0.25) is 0 Å². The van der Waals surface area contributed by atoms with E-state index in [0.717, 1.165) is 10.1 Å². The Kier molecular flexibility index (Phi) is 5.69. The highest BCUT2D eigenvalue weighted by atomic mass is 32.1. The third-order valence-corrected chi connectivity index (χ3v) is 4.35. The number of aromatic amines is 1. The fourth-order valence-corrected chi connectivity index (χ4v) is 3.15. The van der Waals surface area contributed by atoms with Crippen LogP contribution in [0.4, 0.5) is 0 Å². The maximum absolute atomic E-state index is 11.6. The van der Waals surface area contributed by atoms with Crippen LogP contribution in [0.2, 0.25) is 0 Å². The highest BCUT2D eigenvalue weighted by Gasteiger charge is 2.00. The first-order valence-electron chi connectivity index (χ1n) is 7.19. The molecule has 0 aliphatic rings. The third-order valence-electron chi connectivity index (χ3n) is 3.15. The molecule has 0 aliphatic heterocycles. The van der Waals surface area contributed by atoms with E-state index in [0.29, 0.717) is 21.8 Å². The van der Waals surface area contributed by atoms with E-state index >= 15 is 0 Å². The molecule has 0 spiro atoms. The summed E-state index contributed by atoms with van der Waals surface area (Å²) in [4.78, 5) is 14.6. The van der Waals surface area contributed by atoms with Gasteiger partial charge in [-0.05, 0) is 42.3 Å². The van der Waals surface area contributed by atoms with Gasteiger partial charge in [0.05, 0.1) is 16.5 Å². The average molecular weight is 333 g/mol. The molecule has 0 atom stereocenters. The average Bonchev–Trinajstić information content (AvgIpc) is 2.79. The number of thiazole rings is 1.